The van der Waals surface area contributed by atoms with Crippen molar-refractivity contribution in [3.8, 4) is 6.07 Å². The number of H-pyrrole nitrogens is 1. The number of fused-ring (bicyclic) bond motifs is 1. The number of aromatic nitrogens is 2. The van der Waals surface area contributed by atoms with E-state index in [2.05, 4.69) is 22.7 Å². The van der Waals surface area contributed by atoms with Gasteiger partial charge in [-0.3, -0.25) is 9.59 Å². The molecule has 1 saturated heterocycles. The average Bonchev–Trinajstić information content (AvgIpc) is 3.46. The molecule has 0 spiro atoms. The number of carbonyl (C=O) groups excluding carboxylic acids is 2. The molecule has 0 aliphatic carbocycles. The van der Waals surface area contributed by atoms with Crippen LogP contribution in [-0.4, -0.2) is 45.4 Å². The third-order valence-electron chi connectivity index (χ3n) is 6.24. The molecular weight excluding hydrogens is 436 g/mol. The summed E-state index contributed by atoms with van der Waals surface area (Å²) in [4.78, 5) is 31.2. The molecule has 1 aromatic carbocycles. The number of amides is 2. The summed E-state index contributed by atoms with van der Waals surface area (Å²) in [5.74, 6) is 0.198. The zero-order chi connectivity index (χ0) is 23.4. The second kappa shape index (κ2) is 10.1. The van der Waals surface area contributed by atoms with Gasteiger partial charge in [-0.15, -0.1) is 0 Å². The molecule has 1 aliphatic rings. The van der Waals surface area contributed by atoms with Gasteiger partial charge in [0.2, 0.25) is 5.91 Å². The number of hydrogen-bond acceptors (Lipinski definition) is 5. The van der Waals surface area contributed by atoms with Crippen LogP contribution in [-0.2, 0) is 11.3 Å². The van der Waals surface area contributed by atoms with Crippen LogP contribution in [0.4, 0.5) is 0 Å². The Labute approximate surface area is 197 Å². The maximum Gasteiger partial charge on any atom is 0.250 e. The van der Waals surface area contributed by atoms with E-state index in [1.54, 1.807) is 12.3 Å². The number of likely N-dealkylation sites (tertiary alicyclic amines) is 1. The lowest BCUT2D eigenvalue weighted by Crippen LogP contribution is -2.47. The molecule has 9 heteroatoms. The average molecular weight is 465 g/mol. The molecule has 3 heterocycles. The van der Waals surface area contributed by atoms with E-state index in [0.717, 1.165) is 41.7 Å². The fraction of sp³-hybridized carbons (Fsp3) is 0.375. The predicted octanol–water partition coefficient (Wildman–Crippen LogP) is 3.25. The zero-order valence-corrected chi connectivity index (χ0v) is 19.4. The number of nitrogens with two attached hydrogens (primary N) is 1. The lowest BCUT2D eigenvalue weighted by atomic mass is 9.98. The molecule has 4 rings (SSSR count). The summed E-state index contributed by atoms with van der Waals surface area (Å²) in [6.07, 6.45) is 6.02. The van der Waals surface area contributed by atoms with Gasteiger partial charge in [0.15, 0.2) is 0 Å². The Morgan fingerprint density at radius 1 is 1.30 bits per heavy atom. The summed E-state index contributed by atoms with van der Waals surface area (Å²) in [5, 5.41) is 10.1. The van der Waals surface area contributed by atoms with Gasteiger partial charge in [0, 0.05) is 47.8 Å². The molecule has 0 saturated carbocycles. The van der Waals surface area contributed by atoms with Crippen molar-refractivity contribution < 1.29 is 9.59 Å². The van der Waals surface area contributed by atoms with Crippen LogP contribution >= 0.6 is 11.9 Å². The Balaban J connectivity index is 1.54. The van der Waals surface area contributed by atoms with Gasteiger partial charge in [0.25, 0.3) is 5.91 Å². The molecule has 33 heavy (non-hydrogen) atoms. The third-order valence-corrected chi connectivity index (χ3v) is 7.20. The van der Waals surface area contributed by atoms with Crippen molar-refractivity contribution in [2.75, 3.05) is 13.1 Å². The monoisotopic (exact) mass is 464 g/mol. The number of nitrogens with one attached hydrogen (secondary N) is 2. The molecule has 3 aromatic rings. The van der Waals surface area contributed by atoms with Gasteiger partial charge >= 0.3 is 0 Å². The maximum absolute atomic E-state index is 13.4. The molecule has 1 fully saturated rings. The number of nitrogens with zero attached hydrogens (tertiary/aromatic N) is 3. The molecule has 8 nitrogen and oxygen atoms in total. The molecule has 0 radical (unpaired) electrons. The van der Waals surface area contributed by atoms with Gasteiger partial charge in [0.1, 0.15) is 11.8 Å². The van der Waals surface area contributed by atoms with E-state index in [-0.39, 0.29) is 5.91 Å². The van der Waals surface area contributed by atoms with Crippen molar-refractivity contribution in [1.29, 1.82) is 5.26 Å². The van der Waals surface area contributed by atoms with Gasteiger partial charge in [-0.1, -0.05) is 13.0 Å². The standard InChI is InChI=1S/C24H28N6O2S/c1-16-7-11-30(12-8-16)24(32)20(9-13-29-10-3-4-17(29)14-25)28-33-21-6-2-5-19-22(21)18(15-27-19)23(26)31/h2-6,10,15-16,20,27-28H,7-9,11-13H2,1H3,(H2,26,31). The van der Waals surface area contributed by atoms with Crippen molar-refractivity contribution in [2.45, 2.75) is 43.7 Å². The van der Waals surface area contributed by atoms with Crippen molar-refractivity contribution in [3.05, 3.63) is 54.0 Å². The maximum atomic E-state index is 13.4. The molecule has 172 valence electrons. The number of aromatic amines is 1. The molecule has 0 bridgehead atoms. The number of hydrogen-bond donors (Lipinski definition) is 3. The highest BCUT2D eigenvalue weighted by Gasteiger charge is 2.27. The molecule has 2 aromatic heterocycles. The number of carbonyl (C=O) groups is 2. The quantitative estimate of drug-likeness (QED) is 0.442. The lowest BCUT2D eigenvalue weighted by Gasteiger charge is -2.33. The number of rotatable bonds is 8. The van der Waals surface area contributed by atoms with E-state index in [1.165, 1.54) is 11.9 Å². The van der Waals surface area contributed by atoms with Gasteiger partial charge in [-0.25, -0.2) is 4.72 Å². The first-order valence-electron chi connectivity index (χ1n) is 11.1. The molecule has 2 amide bonds. The first-order chi connectivity index (χ1) is 16.0. The number of aryl methyl sites for hydroxylation is 1. The van der Waals surface area contributed by atoms with Gasteiger partial charge in [-0.2, -0.15) is 5.26 Å². The Hall–Kier alpha value is -3.22. The van der Waals surface area contributed by atoms with Crippen LogP contribution in [0.1, 0.15) is 42.2 Å². The Morgan fingerprint density at radius 3 is 2.82 bits per heavy atom. The van der Waals surface area contributed by atoms with E-state index in [9.17, 15) is 14.9 Å². The minimum Gasteiger partial charge on any atom is -0.366 e. The first kappa shape index (κ1) is 23.0. The van der Waals surface area contributed by atoms with Crippen molar-refractivity contribution in [1.82, 2.24) is 19.2 Å². The predicted molar refractivity (Wildman–Crippen MR) is 128 cm³/mol. The first-order valence-corrected chi connectivity index (χ1v) is 12.0. The van der Waals surface area contributed by atoms with Gasteiger partial charge in [-0.05, 0) is 61.4 Å². The zero-order valence-electron chi connectivity index (χ0n) is 18.6. The summed E-state index contributed by atoms with van der Waals surface area (Å²) in [6, 6.07) is 11.0. The van der Waals surface area contributed by atoms with Gasteiger partial charge in [0.05, 0.1) is 11.6 Å². The smallest absolute Gasteiger partial charge is 0.250 e. The van der Waals surface area contributed by atoms with Crippen LogP contribution in [0.3, 0.4) is 0 Å². The fourth-order valence-corrected chi connectivity index (χ4v) is 5.18. The number of nitriles is 1. The van der Waals surface area contributed by atoms with Crippen LogP contribution in [0.5, 0.6) is 0 Å². The van der Waals surface area contributed by atoms with E-state index in [4.69, 9.17) is 5.73 Å². The van der Waals surface area contributed by atoms with Crippen LogP contribution in [0.15, 0.2) is 47.6 Å². The number of primary amides is 1. The minimum absolute atomic E-state index is 0.0661. The highest BCUT2D eigenvalue weighted by atomic mass is 32.2. The van der Waals surface area contributed by atoms with Gasteiger partial charge < -0.3 is 20.2 Å². The molecule has 1 unspecified atom stereocenters. The van der Waals surface area contributed by atoms with E-state index in [1.807, 2.05) is 39.9 Å². The fourth-order valence-electron chi connectivity index (χ4n) is 4.23. The van der Waals surface area contributed by atoms with E-state index < -0.39 is 11.9 Å². The third kappa shape index (κ3) is 5.07. The normalized spacial score (nSPS) is 15.5. The number of piperidine rings is 1. The van der Waals surface area contributed by atoms with E-state index in [0.29, 0.717) is 30.1 Å². The Bertz CT molecular complexity index is 1190. The number of benzene rings is 1. The largest absolute Gasteiger partial charge is 0.366 e. The highest BCUT2D eigenvalue weighted by Crippen LogP contribution is 2.30. The summed E-state index contributed by atoms with van der Waals surface area (Å²) in [5.41, 5.74) is 7.37. The second-order valence-corrected chi connectivity index (χ2v) is 9.39. The molecule has 1 aliphatic heterocycles. The van der Waals surface area contributed by atoms with Crippen molar-refractivity contribution in [3.63, 3.8) is 0 Å². The Kier molecular flexibility index (Phi) is 7.06. The summed E-state index contributed by atoms with van der Waals surface area (Å²) in [6.45, 7) is 4.28. The minimum atomic E-state index is -0.499. The second-order valence-electron chi connectivity index (χ2n) is 8.51. The molecule has 1 atom stereocenters. The van der Waals surface area contributed by atoms with Crippen LogP contribution in [0, 0.1) is 17.2 Å². The van der Waals surface area contributed by atoms with Crippen LogP contribution in [0.25, 0.3) is 10.9 Å². The van der Waals surface area contributed by atoms with E-state index >= 15 is 0 Å². The SMILES string of the molecule is CC1CCN(C(=O)C(CCn2cccc2C#N)NSc2cccc3[nH]cc(C(N)=O)c23)CC1. The van der Waals surface area contributed by atoms with Crippen molar-refractivity contribution in [2.24, 2.45) is 11.7 Å². The summed E-state index contributed by atoms with van der Waals surface area (Å²) >= 11 is 1.33. The summed E-state index contributed by atoms with van der Waals surface area (Å²) in [7, 11) is 0. The highest BCUT2D eigenvalue weighted by molar-refractivity contribution is 7.97. The molecular formula is C24H28N6O2S. The topological polar surface area (TPSA) is 120 Å². The summed E-state index contributed by atoms with van der Waals surface area (Å²) < 4.78 is 5.22. The van der Waals surface area contributed by atoms with Crippen molar-refractivity contribution >= 4 is 34.7 Å². The Morgan fingerprint density at radius 2 is 2.09 bits per heavy atom. The molecule has 4 N–H and O–H groups in total. The van der Waals surface area contributed by atoms with Crippen LogP contribution < -0.4 is 10.5 Å². The van der Waals surface area contributed by atoms with Crippen LogP contribution in [0.2, 0.25) is 0 Å². The lowest BCUT2D eigenvalue weighted by molar-refractivity contribution is -0.134.